The second-order valence-electron chi connectivity index (χ2n) is 4.50. The van der Waals surface area contributed by atoms with Crippen LogP contribution in [0.2, 0.25) is 0 Å². The van der Waals surface area contributed by atoms with Crippen LogP contribution in [0.4, 0.5) is 13.2 Å². The number of nitrogens with zero attached hydrogens (tertiary/aromatic N) is 2. The number of rotatable bonds is 4. The van der Waals surface area contributed by atoms with Gasteiger partial charge in [0.1, 0.15) is 0 Å². The topological polar surface area (TPSA) is 36.3 Å². The SMILES string of the molecule is CN(CC1CCOCC1)CC(C#N)C(F)(F)F. The summed E-state index contributed by atoms with van der Waals surface area (Å²) in [6.45, 7) is 1.70. The number of nitriles is 1. The molecule has 0 N–H and O–H groups in total. The summed E-state index contributed by atoms with van der Waals surface area (Å²) >= 11 is 0. The second-order valence-corrected chi connectivity index (χ2v) is 4.50. The summed E-state index contributed by atoms with van der Waals surface area (Å²) in [7, 11) is 1.63. The molecule has 0 aromatic carbocycles. The lowest BCUT2D eigenvalue weighted by molar-refractivity contribution is -0.162. The van der Waals surface area contributed by atoms with Gasteiger partial charge in [0.2, 0.25) is 0 Å². The van der Waals surface area contributed by atoms with Gasteiger partial charge in [0.15, 0.2) is 5.92 Å². The van der Waals surface area contributed by atoms with Gasteiger partial charge in [-0.3, -0.25) is 0 Å². The maximum Gasteiger partial charge on any atom is 0.405 e. The van der Waals surface area contributed by atoms with E-state index < -0.39 is 12.1 Å². The van der Waals surface area contributed by atoms with Crippen molar-refractivity contribution in [2.45, 2.75) is 19.0 Å². The van der Waals surface area contributed by atoms with Crippen LogP contribution in [-0.4, -0.2) is 44.4 Å². The van der Waals surface area contributed by atoms with E-state index in [-0.39, 0.29) is 6.54 Å². The smallest absolute Gasteiger partial charge is 0.381 e. The van der Waals surface area contributed by atoms with Crippen LogP contribution in [0, 0.1) is 23.2 Å². The number of halogens is 3. The Morgan fingerprint density at radius 2 is 2.00 bits per heavy atom. The van der Waals surface area contributed by atoms with Crippen molar-refractivity contribution in [2.24, 2.45) is 11.8 Å². The molecule has 0 amide bonds. The minimum absolute atomic E-state index is 0.253. The first-order valence-electron chi connectivity index (χ1n) is 5.66. The molecule has 1 fully saturated rings. The van der Waals surface area contributed by atoms with Crippen LogP contribution in [0.3, 0.4) is 0 Å². The van der Waals surface area contributed by atoms with E-state index in [1.54, 1.807) is 11.9 Å². The van der Waals surface area contributed by atoms with Crippen LogP contribution in [0.1, 0.15) is 12.8 Å². The van der Waals surface area contributed by atoms with Gasteiger partial charge in [0.05, 0.1) is 6.07 Å². The Bertz CT molecular complexity index is 269. The summed E-state index contributed by atoms with van der Waals surface area (Å²) < 4.78 is 42.4. The summed E-state index contributed by atoms with van der Waals surface area (Å²) in [4.78, 5) is 1.59. The van der Waals surface area contributed by atoms with Crippen molar-refractivity contribution in [1.29, 1.82) is 5.26 Å². The molecule has 1 aliphatic rings. The summed E-state index contributed by atoms with van der Waals surface area (Å²) in [5.74, 6) is -1.52. The largest absolute Gasteiger partial charge is 0.405 e. The third-order valence-corrected chi connectivity index (χ3v) is 2.96. The van der Waals surface area contributed by atoms with Crippen LogP contribution in [0.5, 0.6) is 0 Å². The fourth-order valence-corrected chi connectivity index (χ4v) is 1.97. The average Bonchev–Trinajstić information content (AvgIpc) is 2.25. The Morgan fingerprint density at radius 3 is 2.47 bits per heavy atom. The van der Waals surface area contributed by atoms with Crippen molar-refractivity contribution in [1.82, 2.24) is 4.90 Å². The maximum atomic E-state index is 12.4. The zero-order valence-corrected chi connectivity index (χ0v) is 9.83. The average molecular weight is 250 g/mol. The standard InChI is InChI=1S/C11H17F3N2O/c1-16(7-9-2-4-17-5-3-9)8-10(6-15)11(12,13)14/h9-10H,2-5,7-8H2,1H3. The van der Waals surface area contributed by atoms with E-state index in [1.165, 1.54) is 6.07 Å². The number of hydrogen-bond donors (Lipinski definition) is 0. The lowest BCUT2D eigenvalue weighted by atomic mass is 9.99. The summed E-state index contributed by atoms with van der Waals surface area (Å²) in [5.41, 5.74) is 0. The molecule has 1 heterocycles. The van der Waals surface area contributed by atoms with Crippen molar-refractivity contribution in [3.05, 3.63) is 0 Å². The van der Waals surface area contributed by atoms with Gasteiger partial charge < -0.3 is 9.64 Å². The Balaban J connectivity index is 2.37. The van der Waals surface area contributed by atoms with Gasteiger partial charge in [-0.1, -0.05) is 0 Å². The number of hydrogen-bond acceptors (Lipinski definition) is 3. The van der Waals surface area contributed by atoms with Crippen molar-refractivity contribution < 1.29 is 17.9 Å². The molecule has 0 spiro atoms. The molecule has 0 aromatic rings. The zero-order chi connectivity index (χ0) is 12.9. The molecule has 0 bridgehead atoms. The first-order valence-corrected chi connectivity index (χ1v) is 5.66. The molecule has 1 aliphatic heterocycles. The van der Waals surface area contributed by atoms with Gasteiger partial charge in [-0.15, -0.1) is 0 Å². The van der Waals surface area contributed by atoms with Gasteiger partial charge in [0, 0.05) is 26.3 Å². The predicted octanol–water partition coefficient (Wildman–Crippen LogP) is 2.05. The highest BCUT2D eigenvalue weighted by Gasteiger charge is 2.40. The van der Waals surface area contributed by atoms with Crippen LogP contribution in [0.25, 0.3) is 0 Å². The van der Waals surface area contributed by atoms with Crippen LogP contribution >= 0.6 is 0 Å². The lowest BCUT2D eigenvalue weighted by Crippen LogP contribution is -2.37. The van der Waals surface area contributed by atoms with Crippen LogP contribution < -0.4 is 0 Å². The van der Waals surface area contributed by atoms with E-state index >= 15 is 0 Å². The van der Waals surface area contributed by atoms with Crippen LogP contribution in [0.15, 0.2) is 0 Å². The molecule has 3 nitrogen and oxygen atoms in total. The Morgan fingerprint density at radius 1 is 1.41 bits per heavy atom. The highest BCUT2D eigenvalue weighted by atomic mass is 19.4. The fraction of sp³-hybridized carbons (Fsp3) is 0.909. The molecule has 1 rings (SSSR count). The van der Waals surface area contributed by atoms with Gasteiger partial charge >= 0.3 is 6.18 Å². The molecule has 6 heteroatoms. The molecule has 98 valence electrons. The van der Waals surface area contributed by atoms with E-state index in [0.29, 0.717) is 25.7 Å². The van der Waals surface area contributed by atoms with E-state index in [4.69, 9.17) is 10.00 Å². The molecule has 1 atom stereocenters. The Hall–Kier alpha value is -0.800. The molecule has 0 saturated carbocycles. The van der Waals surface area contributed by atoms with Crippen molar-refractivity contribution in [3.63, 3.8) is 0 Å². The van der Waals surface area contributed by atoms with Gasteiger partial charge in [0.25, 0.3) is 0 Å². The molecular weight excluding hydrogens is 233 g/mol. The van der Waals surface area contributed by atoms with Crippen LogP contribution in [-0.2, 0) is 4.74 Å². The van der Waals surface area contributed by atoms with E-state index in [1.807, 2.05) is 0 Å². The minimum atomic E-state index is -4.43. The fourth-order valence-electron chi connectivity index (χ4n) is 1.97. The van der Waals surface area contributed by atoms with Crippen molar-refractivity contribution in [2.75, 3.05) is 33.4 Å². The molecule has 1 unspecified atom stereocenters. The maximum absolute atomic E-state index is 12.4. The van der Waals surface area contributed by atoms with Crippen molar-refractivity contribution >= 4 is 0 Å². The Kier molecular flexibility index (Phi) is 5.22. The zero-order valence-electron chi connectivity index (χ0n) is 9.83. The molecule has 1 saturated heterocycles. The van der Waals surface area contributed by atoms with E-state index in [2.05, 4.69) is 0 Å². The first-order chi connectivity index (χ1) is 7.93. The summed E-state index contributed by atoms with van der Waals surface area (Å²) in [6, 6.07) is 1.32. The molecular formula is C11H17F3N2O. The summed E-state index contributed by atoms with van der Waals surface area (Å²) in [5, 5.41) is 8.50. The molecule has 17 heavy (non-hydrogen) atoms. The third-order valence-electron chi connectivity index (χ3n) is 2.96. The number of alkyl halides is 3. The van der Waals surface area contributed by atoms with Gasteiger partial charge in [-0.2, -0.15) is 18.4 Å². The highest BCUT2D eigenvalue weighted by Crippen LogP contribution is 2.26. The van der Waals surface area contributed by atoms with E-state index in [0.717, 1.165) is 12.8 Å². The summed E-state index contributed by atoms with van der Waals surface area (Å²) in [6.07, 6.45) is -2.67. The molecule has 0 aromatic heterocycles. The quantitative estimate of drug-likeness (QED) is 0.766. The predicted molar refractivity (Wildman–Crippen MR) is 56.2 cm³/mol. The molecule has 0 aliphatic carbocycles. The minimum Gasteiger partial charge on any atom is -0.381 e. The van der Waals surface area contributed by atoms with Gasteiger partial charge in [-0.05, 0) is 25.8 Å². The Labute approximate surface area is 99.1 Å². The monoisotopic (exact) mass is 250 g/mol. The highest BCUT2D eigenvalue weighted by molar-refractivity contribution is 4.90. The van der Waals surface area contributed by atoms with Crippen molar-refractivity contribution in [3.8, 4) is 6.07 Å². The lowest BCUT2D eigenvalue weighted by Gasteiger charge is -2.28. The molecule has 0 radical (unpaired) electrons. The van der Waals surface area contributed by atoms with Gasteiger partial charge in [-0.25, -0.2) is 0 Å². The first kappa shape index (κ1) is 14.3. The number of ether oxygens (including phenoxy) is 1. The third kappa shape index (κ3) is 4.92. The van der Waals surface area contributed by atoms with E-state index in [9.17, 15) is 13.2 Å². The normalized spacial score (nSPS) is 20.2. The second kappa shape index (κ2) is 6.22.